The molecular weight excluding hydrogens is 1220 g/mol. The van der Waals surface area contributed by atoms with Gasteiger partial charge in [-0.15, -0.1) is 0 Å². The molecular formula is C74H144O17P2. The van der Waals surface area contributed by atoms with Crippen LogP contribution in [0.2, 0.25) is 0 Å². The molecule has 0 aliphatic carbocycles. The Morgan fingerprint density at radius 3 is 0.763 bits per heavy atom. The second kappa shape index (κ2) is 63.5. The quantitative estimate of drug-likeness (QED) is 0.0222. The molecule has 0 rings (SSSR count). The van der Waals surface area contributed by atoms with E-state index in [-0.39, 0.29) is 25.7 Å². The lowest BCUT2D eigenvalue weighted by molar-refractivity contribution is -0.161. The van der Waals surface area contributed by atoms with Crippen molar-refractivity contribution in [2.24, 2.45) is 23.7 Å². The summed E-state index contributed by atoms with van der Waals surface area (Å²) in [6, 6.07) is 0. The van der Waals surface area contributed by atoms with Gasteiger partial charge in [-0.1, -0.05) is 319 Å². The maximum Gasteiger partial charge on any atom is 0.472 e. The van der Waals surface area contributed by atoms with E-state index in [1.54, 1.807) is 0 Å². The fraction of sp³-hybridized carbons (Fsp3) is 0.946. The van der Waals surface area contributed by atoms with Crippen LogP contribution < -0.4 is 0 Å². The highest BCUT2D eigenvalue weighted by Gasteiger charge is 2.30. The molecule has 3 N–H and O–H groups in total. The zero-order valence-corrected chi connectivity index (χ0v) is 62.7. The third-order valence-electron chi connectivity index (χ3n) is 17.4. The molecule has 0 spiro atoms. The molecule has 0 radical (unpaired) electrons. The number of ether oxygens (including phenoxy) is 4. The van der Waals surface area contributed by atoms with Crippen LogP contribution in [0, 0.1) is 23.7 Å². The summed E-state index contributed by atoms with van der Waals surface area (Å²) in [5, 5.41) is 10.6. The number of hydrogen-bond acceptors (Lipinski definition) is 15. The van der Waals surface area contributed by atoms with Crippen molar-refractivity contribution in [3.05, 3.63) is 0 Å². The van der Waals surface area contributed by atoms with Gasteiger partial charge in [-0.25, -0.2) is 9.13 Å². The highest BCUT2D eigenvalue weighted by Crippen LogP contribution is 2.45. The predicted molar refractivity (Wildman–Crippen MR) is 377 cm³/mol. The molecule has 0 fully saturated rings. The third kappa shape index (κ3) is 67.0. The molecule has 0 saturated carbocycles. The van der Waals surface area contributed by atoms with E-state index < -0.39 is 97.5 Å². The van der Waals surface area contributed by atoms with Gasteiger partial charge in [0.05, 0.1) is 26.4 Å². The minimum Gasteiger partial charge on any atom is -0.462 e. The van der Waals surface area contributed by atoms with Crippen molar-refractivity contribution in [2.45, 2.75) is 388 Å². The molecule has 0 aromatic rings. The average molecular weight is 1370 g/mol. The van der Waals surface area contributed by atoms with Crippen LogP contribution in [-0.4, -0.2) is 96.7 Å². The zero-order valence-electron chi connectivity index (χ0n) is 60.9. The van der Waals surface area contributed by atoms with Crippen molar-refractivity contribution in [3.8, 4) is 0 Å². The summed E-state index contributed by atoms with van der Waals surface area (Å²) in [5.74, 6) is 0.901. The highest BCUT2D eigenvalue weighted by atomic mass is 31.2. The number of aliphatic hydroxyl groups excluding tert-OH is 1. The Labute approximate surface area is 568 Å². The van der Waals surface area contributed by atoms with Gasteiger partial charge in [-0.05, 0) is 49.4 Å². The van der Waals surface area contributed by atoms with Crippen molar-refractivity contribution >= 4 is 39.5 Å². The third-order valence-corrected chi connectivity index (χ3v) is 19.3. The van der Waals surface area contributed by atoms with Gasteiger partial charge in [0.2, 0.25) is 0 Å². The monoisotopic (exact) mass is 1370 g/mol. The van der Waals surface area contributed by atoms with E-state index in [4.69, 9.17) is 37.0 Å². The van der Waals surface area contributed by atoms with Gasteiger partial charge in [-0.3, -0.25) is 37.3 Å². The number of phosphoric ester groups is 2. The van der Waals surface area contributed by atoms with Gasteiger partial charge < -0.3 is 33.8 Å². The lowest BCUT2D eigenvalue weighted by atomic mass is 9.99. The summed E-state index contributed by atoms with van der Waals surface area (Å²) >= 11 is 0. The first-order valence-corrected chi connectivity index (χ1v) is 41.2. The lowest BCUT2D eigenvalue weighted by Crippen LogP contribution is -2.30. The van der Waals surface area contributed by atoms with Gasteiger partial charge in [0.1, 0.15) is 19.3 Å². The number of rotatable bonds is 71. The Hall–Kier alpha value is -1.94. The van der Waals surface area contributed by atoms with Crippen LogP contribution in [-0.2, 0) is 65.4 Å². The van der Waals surface area contributed by atoms with E-state index >= 15 is 0 Å². The maximum absolute atomic E-state index is 13.0. The molecule has 6 atom stereocenters. The highest BCUT2D eigenvalue weighted by molar-refractivity contribution is 7.47. The minimum absolute atomic E-state index is 0.103. The molecule has 0 aliphatic rings. The lowest BCUT2D eigenvalue weighted by Gasteiger charge is -2.21. The largest absolute Gasteiger partial charge is 0.472 e. The van der Waals surface area contributed by atoms with Crippen molar-refractivity contribution in [1.82, 2.24) is 0 Å². The first-order valence-electron chi connectivity index (χ1n) is 38.2. The Bertz CT molecular complexity index is 1840. The first-order chi connectivity index (χ1) is 44.6. The molecule has 93 heavy (non-hydrogen) atoms. The minimum atomic E-state index is -4.95. The predicted octanol–water partition coefficient (Wildman–Crippen LogP) is 21.3. The Balaban J connectivity index is 5.19. The van der Waals surface area contributed by atoms with Crippen molar-refractivity contribution in [1.29, 1.82) is 0 Å². The molecule has 0 bridgehead atoms. The Morgan fingerprint density at radius 2 is 0.516 bits per heavy atom. The molecule has 0 heterocycles. The van der Waals surface area contributed by atoms with E-state index in [0.29, 0.717) is 37.5 Å². The number of carbonyl (C=O) groups is 4. The van der Waals surface area contributed by atoms with E-state index in [1.165, 1.54) is 167 Å². The number of carbonyl (C=O) groups excluding carboxylic acids is 4. The van der Waals surface area contributed by atoms with Crippen LogP contribution in [0.4, 0.5) is 0 Å². The smallest absolute Gasteiger partial charge is 0.462 e. The van der Waals surface area contributed by atoms with Crippen LogP contribution in [0.1, 0.15) is 370 Å². The van der Waals surface area contributed by atoms with E-state index in [2.05, 4.69) is 55.4 Å². The summed E-state index contributed by atoms with van der Waals surface area (Å²) in [7, 11) is -9.91. The van der Waals surface area contributed by atoms with Crippen molar-refractivity contribution in [3.63, 3.8) is 0 Å². The first kappa shape index (κ1) is 91.1. The van der Waals surface area contributed by atoms with E-state index in [9.17, 15) is 43.2 Å². The topological polar surface area (TPSA) is 237 Å². The number of unbranched alkanes of at least 4 members (excludes halogenated alkanes) is 36. The SMILES string of the molecule is CCC(C)CCCCCCCCCCCCCCCCC(=O)OC[C@H](COP(=O)(O)OCC(O)COP(=O)(O)OC[C@@H](COC(=O)CCCCCCCCCC(C)C)OC(=O)CCCCCCCCCCCCCCC(C)C)OC(=O)CCCCCCCCCC(C)C. The summed E-state index contributed by atoms with van der Waals surface area (Å²) in [4.78, 5) is 72.7. The Morgan fingerprint density at radius 1 is 0.301 bits per heavy atom. The number of phosphoric acid groups is 2. The van der Waals surface area contributed by atoms with Gasteiger partial charge in [0.15, 0.2) is 12.2 Å². The molecule has 4 unspecified atom stereocenters. The van der Waals surface area contributed by atoms with Crippen LogP contribution >= 0.6 is 15.6 Å². The van der Waals surface area contributed by atoms with Gasteiger partial charge in [0.25, 0.3) is 0 Å². The molecule has 17 nitrogen and oxygen atoms in total. The molecule has 0 aromatic heterocycles. The Kier molecular flexibility index (Phi) is 62.2. The van der Waals surface area contributed by atoms with Crippen molar-refractivity contribution in [2.75, 3.05) is 39.6 Å². The summed E-state index contributed by atoms with van der Waals surface area (Å²) in [6.45, 7) is 14.1. The fourth-order valence-corrected chi connectivity index (χ4v) is 12.7. The van der Waals surface area contributed by atoms with Gasteiger partial charge in [-0.2, -0.15) is 0 Å². The molecule has 552 valence electrons. The number of hydrogen-bond donors (Lipinski definition) is 3. The second-order valence-electron chi connectivity index (χ2n) is 28.4. The van der Waals surface area contributed by atoms with Crippen LogP contribution in [0.25, 0.3) is 0 Å². The van der Waals surface area contributed by atoms with Crippen LogP contribution in [0.3, 0.4) is 0 Å². The zero-order chi connectivity index (χ0) is 68.9. The molecule has 0 aromatic carbocycles. The number of aliphatic hydroxyl groups is 1. The van der Waals surface area contributed by atoms with E-state index in [1.807, 2.05) is 0 Å². The standard InChI is InChI=1S/C74H144O17P2/c1-9-67(8)53-45-37-29-21-17-12-10-11-13-18-22-30-38-46-54-71(76)84-60-70(91-74(79)57-49-41-33-25-28-36-44-52-66(6)7)63-89-93(82,83)87-59-68(75)58-86-92(80,81)88-62-69(61-85-72(77)55-47-39-32-24-27-35-43-51-65(4)5)90-73(78)56-48-40-31-23-19-15-14-16-20-26-34-42-50-64(2)3/h64-70,75H,9-63H2,1-8H3,(H,80,81)(H,82,83)/t67?,68?,69-,70-/m1/s1. The maximum atomic E-state index is 13.0. The molecule has 19 heteroatoms. The van der Waals surface area contributed by atoms with Crippen LogP contribution in [0.15, 0.2) is 0 Å². The van der Waals surface area contributed by atoms with Gasteiger partial charge in [0, 0.05) is 25.7 Å². The second-order valence-corrected chi connectivity index (χ2v) is 31.3. The van der Waals surface area contributed by atoms with E-state index in [0.717, 1.165) is 108 Å². The average Bonchev–Trinajstić information content (AvgIpc) is 2.42. The van der Waals surface area contributed by atoms with Crippen molar-refractivity contribution < 1.29 is 80.2 Å². The summed E-state index contributed by atoms with van der Waals surface area (Å²) < 4.78 is 68.4. The normalized spacial score (nSPS) is 14.5. The number of esters is 4. The fourth-order valence-electron chi connectivity index (χ4n) is 11.2. The molecule has 0 saturated heterocycles. The van der Waals surface area contributed by atoms with Crippen LogP contribution in [0.5, 0.6) is 0 Å². The van der Waals surface area contributed by atoms with Gasteiger partial charge >= 0.3 is 39.5 Å². The molecule has 0 aliphatic heterocycles. The molecule has 0 amide bonds. The summed E-state index contributed by atoms with van der Waals surface area (Å²) in [5.41, 5.74) is 0. The summed E-state index contributed by atoms with van der Waals surface area (Å²) in [6.07, 6.45) is 47.3.